The van der Waals surface area contributed by atoms with Crippen molar-refractivity contribution in [2.24, 2.45) is 0 Å². The lowest BCUT2D eigenvalue weighted by Crippen LogP contribution is -2.11. The van der Waals surface area contributed by atoms with Crippen LogP contribution in [0.1, 0.15) is 24.5 Å². The Balaban J connectivity index is 2.17. The van der Waals surface area contributed by atoms with Gasteiger partial charge in [0.1, 0.15) is 22.9 Å². The number of hydrogen-bond donors (Lipinski definition) is 0. The average Bonchev–Trinajstić information content (AvgIpc) is 2.83. The van der Waals surface area contributed by atoms with Crippen LogP contribution in [0.5, 0.6) is 5.75 Å². The maximum absolute atomic E-state index is 12.8. The van der Waals surface area contributed by atoms with E-state index in [0.29, 0.717) is 40.4 Å². The molecule has 0 aliphatic heterocycles. The van der Waals surface area contributed by atoms with Gasteiger partial charge in [0, 0.05) is 30.0 Å². The number of esters is 1. The Labute approximate surface area is 156 Å². The summed E-state index contributed by atoms with van der Waals surface area (Å²) in [6, 6.07) is 4.97. The van der Waals surface area contributed by atoms with E-state index in [1.807, 2.05) is 19.1 Å². The fourth-order valence-corrected chi connectivity index (χ4v) is 3.07. The number of allylic oxidation sites excluding steroid dienone is 4. The lowest BCUT2D eigenvalue weighted by molar-refractivity contribution is -0.131. The number of benzene rings is 1. The van der Waals surface area contributed by atoms with E-state index >= 15 is 0 Å². The van der Waals surface area contributed by atoms with Crippen LogP contribution in [0.4, 0.5) is 0 Å². The number of methoxy groups -OCH3 is 2. The Bertz CT molecular complexity index is 1050. The second-order valence-electron chi connectivity index (χ2n) is 6.02. The molecule has 0 N–H and O–H groups in total. The van der Waals surface area contributed by atoms with Gasteiger partial charge < -0.3 is 18.6 Å². The molecule has 6 heteroatoms. The third-order valence-electron chi connectivity index (χ3n) is 4.31. The molecular formula is C21H20O6. The van der Waals surface area contributed by atoms with Crippen LogP contribution in [-0.2, 0) is 14.3 Å². The van der Waals surface area contributed by atoms with Crippen molar-refractivity contribution < 1.29 is 23.4 Å². The summed E-state index contributed by atoms with van der Waals surface area (Å²) in [6.07, 6.45) is 6.13. The standard InChI is InChI=1S/C21H20O6/c1-12-16-9-8-15(26-13(2)22)11-19(16)27-21(23)20(12)17-7-5-6-14(24-3)10-18(17)25-4/h6-11H,5H2,1-4H3. The van der Waals surface area contributed by atoms with Crippen LogP contribution in [0, 0.1) is 6.92 Å². The van der Waals surface area contributed by atoms with E-state index in [4.69, 9.17) is 18.6 Å². The SMILES string of the molecule is COC1=CCC=C(c2c(C)c3ccc(OC(C)=O)cc3oc2=O)C(OC)=C1. The van der Waals surface area contributed by atoms with Crippen LogP contribution in [-0.4, -0.2) is 20.2 Å². The molecule has 0 bridgehead atoms. The van der Waals surface area contributed by atoms with E-state index in [2.05, 4.69) is 0 Å². The highest BCUT2D eigenvalue weighted by Gasteiger charge is 2.21. The molecule has 140 valence electrons. The summed E-state index contributed by atoms with van der Waals surface area (Å²) in [4.78, 5) is 23.9. The van der Waals surface area contributed by atoms with Crippen LogP contribution in [0.15, 0.2) is 57.2 Å². The smallest absolute Gasteiger partial charge is 0.344 e. The molecule has 27 heavy (non-hydrogen) atoms. The zero-order valence-electron chi connectivity index (χ0n) is 15.6. The molecule has 0 radical (unpaired) electrons. The molecule has 1 aromatic heterocycles. The van der Waals surface area contributed by atoms with Crippen LogP contribution in [0.3, 0.4) is 0 Å². The van der Waals surface area contributed by atoms with Crippen molar-refractivity contribution in [3.8, 4) is 5.75 Å². The van der Waals surface area contributed by atoms with Gasteiger partial charge in [0.2, 0.25) is 0 Å². The van der Waals surface area contributed by atoms with Crippen molar-refractivity contribution in [2.45, 2.75) is 20.3 Å². The molecular weight excluding hydrogens is 348 g/mol. The number of hydrogen-bond acceptors (Lipinski definition) is 6. The lowest BCUT2D eigenvalue weighted by Gasteiger charge is -2.14. The third kappa shape index (κ3) is 3.65. The topological polar surface area (TPSA) is 75.0 Å². The fraction of sp³-hybridized carbons (Fsp3) is 0.238. The first kappa shape index (κ1) is 18.5. The van der Waals surface area contributed by atoms with Gasteiger partial charge in [-0.25, -0.2) is 4.79 Å². The molecule has 1 heterocycles. The van der Waals surface area contributed by atoms with Gasteiger partial charge in [-0.05, 0) is 37.1 Å². The molecule has 1 aromatic carbocycles. The highest BCUT2D eigenvalue weighted by molar-refractivity contribution is 5.89. The summed E-state index contributed by atoms with van der Waals surface area (Å²) in [7, 11) is 3.12. The molecule has 2 aromatic rings. The second kappa shape index (κ2) is 7.53. The minimum atomic E-state index is -0.491. The summed E-state index contributed by atoms with van der Waals surface area (Å²) in [5, 5.41) is 0.751. The quantitative estimate of drug-likeness (QED) is 0.463. The van der Waals surface area contributed by atoms with Gasteiger partial charge in [0.25, 0.3) is 0 Å². The first-order valence-corrected chi connectivity index (χ1v) is 8.41. The maximum atomic E-state index is 12.8. The molecule has 0 saturated carbocycles. The molecule has 1 aliphatic carbocycles. The zero-order valence-corrected chi connectivity index (χ0v) is 15.6. The summed E-state index contributed by atoms with van der Waals surface area (Å²) in [5.74, 6) is 1.06. The summed E-state index contributed by atoms with van der Waals surface area (Å²) < 4.78 is 21.4. The molecule has 0 spiro atoms. The van der Waals surface area contributed by atoms with Gasteiger partial charge in [-0.15, -0.1) is 0 Å². The number of rotatable bonds is 4. The van der Waals surface area contributed by atoms with E-state index in [1.54, 1.807) is 32.4 Å². The molecule has 0 saturated heterocycles. The summed E-state index contributed by atoms with van der Waals surface area (Å²) in [6.45, 7) is 3.16. The molecule has 1 aliphatic rings. The highest BCUT2D eigenvalue weighted by atomic mass is 16.5. The monoisotopic (exact) mass is 368 g/mol. The van der Waals surface area contributed by atoms with Gasteiger partial charge in [0.15, 0.2) is 0 Å². The predicted molar refractivity (Wildman–Crippen MR) is 101 cm³/mol. The number of aryl methyl sites for hydroxylation is 1. The van der Waals surface area contributed by atoms with E-state index in [0.717, 1.165) is 10.9 Å². The number of carbonyl (C=O) groups is 1. The third-order valence-corrected chi connectivity index (χ3v) is 4.31. The van der Waals surface area contributed by atoms with Gasteiger partial charge in [0.05, 0.1) is 19.8 Å². The van der Waals surface area contributed by atoms with Crippen molar-refractivity contribution in [2.75, 3.05) is 14.2 Å². The van der Waals surface area contributed by atoms with Crippen LogP contribution in [0.25, 0.3) is 16.5 Å². The molecule has 3 rings (SSSR count). The Kier molecular flexibility index (Phi) is 5.16. The second-order valence-corrected chi connectivity index (χ2v) is 6.02. The molecule has 0 fully saturated rings. The van der Waals surface area contributed by atoms with Crippen molar-refractivity contribution in [1.82, 2.24) is 0 Å². The first-order chi connectivity index (χ1) is 12.9. The summed E-state index contributed by atoms with van der Waals surface area (Å²) >= 11 is 0. The largest absolute Gasteiger partial charge is 0.497 e. The van der Waals surface area contributed by atoms with Crippen LogP contribution < -0.4 is 10.4 Å². The maximum Gasteiger partial charge on any atom is 0.344 e. The fourth-order valence-electron chi connectivity index (χ4n) is 3.07. The Hall–Kier alpha value is -3.28. The predicted octanol–water partition coefficient (Wildman–Crippen LogP) is 3.87. The van der Waals surface area contributed by atoms with Gasteiger partial charge in [-0.3, -0.25) is 4.79 Å². The van der Waals surface area contributed by atoms with Crippen molar-refractivity contribution in [3.05, 3.63) is 69.5 Å². The zero-order chi connectivity index (χ0) is 19.6. The average molecular weight is 368 g/mol. The Morgan fingerprint density at radius 3 is 2.59 bits per heavy atom. The minimum absolute atomic E-state index is 0.324. The van der Waals surface area contributed by atoms with Crippen molar-refractivity contribution in [1.29, 1.82) is 0 Å². The van der Waals surface area contributed by atoms with Gasteiger partial charge >= 0.3 is 11.6 Å². The number of carbonyl (C=O) groups excluding carboxylic acids is 1. The van der Waals surface area contributed by atoms with Gasteiger partial charge in [-0.2, -0.15) is 0 Å². The Morgan fingerprint density at radius 2 is 1.93 bits per heavy atom. The van der Waals surface area contributed by atoms with Gasteiger partial charge in [-0.1, -0.05) is 6.08 Å². The summed E-state index contributed by atoms with van der Waals surface area (Å²) in [5.41, 5.74) is 1.70. The van der Waals surface area contributed by atoms with E-state index < -0.39 is 11.6 Å². The Morgan fingerprint density at radius 1 is 1.15 bits per heavy atom. The first-order valence-electron chi connectivity index (χ1n) is 8.41. The normalized spacial score (nSPS) is 14.0. The van der Waals surface area contributed by atoms with E-state index in [-0.39, 0.29) is 0 Å². The molecule has 0 amide bonds. The van der Waals surface area contributed by atoms with Crippen LogP contribution >= 0.6 is 0 Å². The van der Waals surface area contributed by atoms with Crippen molar-refractivity contribution in [3.63, 3.8) is 0 Å². The van der Waals surface area contributed by atoms with Crippen LogP contribution in [0.2, 0.25) is 0 Å². The molecule has 0 unspecified atom stereocenters. The number of fused-ring (bicyclic) bond motifs is 1. The van der Waals surface area contributed by atoms with E-state index in [9.17, 15) is 9.59 Å². The number of ether oxygens (including phenoxy) is 3. The lowest BCUT2D eigenvalue weighted by atomic mass is 9.97. The van der Waals surface area contributed by atoms with Crippen molar-refractivity contribution >= 4 is 22.5 Å². The van der Waals surface area contributed by atoms with E-state index in [1.165, 1.54) is 13.0 Å². The highest BCUT2D eigenvalue weighted by Crippen LogP contribution is 2.32. The molecule has 0 atom stereocenters. The molecule has 6 nitrogen and oxygen atoms in total. The minimum Gasteiger partial charge on any atom is -0.497 e.